The Morgan fingerprint density at radius 1 is 1.18 bits per heavy atom. The van der Waals surface area contributed by atoms with Crippen LogP contribution in [0.4, 0.5) is 0 Å². The van der Waals surface area contributed by atoms with E-state index in [1.165, 1.54) is 0 Å². The number of primary amides is 1. The lowest BCUT2D eigenvalue weighted by atomic mass is 10.1. The molecule has 0 bridgehead atoms. The van der Waals surface area contributed by atoms with E-state index < -0.39 is 12.0 Å². The molecule has 1 heterocycles. The number of rotatable bonds is 5. The summed E-state index contributed by atoms with van der Waals surface area (Å²) in [5.41, 5.74) is 7.90. The zero-order valence-corrected chi connectivity index (χ0v) is 13.3. The van der Waals surface area contributed by atoms with Crippen molar-refractivity contribution in [3.8, 4) is 17.0 Å². The average molecular weight is 299 g/mol. The molecular formula is C17H21N3O2. The molecule has 0 radical (unpaired) electrons. The van der Waals surface area contributed by atoms with Crippen molar-refractivity contribution >= 4 is 5.91 Å². The summed E-state index contributed by atoms with van der Waals surface area (Å²) < 4.78 is 5.53. The van der Waals surface area contributed by atoms with Crippen LogP contribution < -0.4 is 10.5 Å². The fourth-order valence-corrected chi connectivity index (χ4v) is 1.99. The number of aryl methyl sites for hydroxylation is 1. The highest BCUT2D eigenvalue weighted by Gasteiger charge is 2.12. The minimum absolute atomic E-state index is 0.257. The fraction of sp³-hybridized carbons (Fsp3) is 0.353. The summed E-state index contributed by atoms with van der Waals surface area (Å²) in [4.78, 5) is 20.1. The Balaban J connectivity index is 2.35. The molecule has 0 aliphatic rings. The fourth-order valence-electron chi connectivity index (χ4n) is 1.99. The third kappa shape index (κ3) is 3.81. The van der Waals surface area contributed by atoms with Gasteiger partial charge < -0.3 is 10.5 Å². The van der Waals surface area contributed by atoms with Gasteiger partial charge in [0.1, 0.15) is 11.6 Å². The van der Waals surface area contributed by atoms with E-state index >= 15 is 0 Å². The van der Waals surface area contributed by atoms with Gasteiger partial charge in [-0.2, -0.15) is 0 Å². The van der Waals surface area contributed by atoms with E-state index in [9.17, 15) is 4.79 Å². The lowest BCUT2D eigenvalue weighted by Crippen LogP contribution is -2.30. The summed E-state index contributed by atoms with van der Waals surface area (Å²) in [5.74, 6) is 1.16. The summed E-state index contributed by atoms with van der Waals surface area (Å²) in [6, 6.07) is 9.40. The highest BCUT2D eigenvalue weighted by molar-refractivity contribution is 5.78. The van der Waals surface area contributed by atoms with Crippen LogP contribution >= 0.6 is 0 Å². The maximum absolute atomic E-state index is 11.1. The van der Waals surface area contributed by atoms with E-state index in [0.717, 1.165) is 22.8 Å². The van der Waals surface area contributed by atoms with Gasteiger partial charge in [0.2, 0.25) is 0 Å². The summed E-state index contributed by atoms with van der Waals surface area (Å²) in [5, 5.41) is 0. The van der Waals surface area contributed by atoms with Crippen LogP contribution in [0.1, 0.15) is 38.2 Å². The topological polar surface area (TPSA) is 78.1 Å². The maximum Gasteiger partial charge on any atom is 0.258 e. The predicted octanol–water partition coefficient (Wildman–Crippen LogP) is 2.83. The van der Waals surface area contributed by atoms with Gasteiger partial charge in [-0.3, -0.25) is 4.79 Å². The van der Waals surface area contributed by atoms with Crippen molar-refractivity contribution in [2.75, 3.05) is 0 Å². The van der Waals surface area contributed by atoms with Gasteiger partial charge in [0, 0.05) is 17.2 Å². The Labute approximate surface area is 130 Å². The molecule has 2 aromatic rings. The molecule has 116 valence electrons. The summed E-state index contributed by atoms with van der Waals surface area (Å²) in [6.45, 7) is 7.70. The molecule has 0 saturated heterocycles. The first kappa shape index (κ1) is 15.9. The van der Waals surface area contributed by atoms with Crippen molar-refractivity contribution < 1.29 is 9.53 Å². The van der Waals surface area contributed by atoms with Crippen LogP contribution in [0.2, 0.25) is 0 Å². The van der Waals surface area contributed by atoms with Crippen molar-refractivity contribution in [3.63, 3.8) is 0 Å². The van der Waals surface area contributed by atoms with Crippen LogP contribution in [0.5, 0.6) is 5.75 Å². The van der Waals surface area contributed by atoms with E-state index in [2.05, 4.69) is 23.8 Å². The van der Waals surface area contributed by atoms with Crippen LogP contribution in [0.3, 0.4) is 0 Å². The average Bonchev–Trinajstić information content (AvgIpc) is 2.46. The SMILES string of the molecule is Cc1cc(-c2cccc(O[C@@H](C)C(N)=O)c2)nc(C(C)C)n1. The maximum atomic E-state index is 11.1. The number of carbonyl (C=O) groups is 1. The van der Waals surface area contributed by atoms with Crippen molar-refractivity contribution in [1.82, 2.24) is 9.97 Å². The zero-order valence-electron chi connectivity index (χ0n) is 13.3. The van der Waals surface area contributed by atoms with Crippen molar-refractivity contribution in [1.29, 1.82) is 0 Å². The Morgan fingerprint density at radius 3 is 2.55 bits per heavy atom. The molecule has 0 saturated carbocycles. The van der Waals surface area contributed by atoms with Gasteiger partial charge in [-0.15, -0.1) is 0 Å². The number of benzene rings is 1. The number of ether oxygens (including phenoxy) is 1. The van der Waals surface area contributed by atoms with Crippen molar-refractivity contribution in [2.24, 2.45) is 5.73 Å². The molecule has 22 heavy (non-hydrogen) atoms. The van der Waals surface area contributed by atoms with E-state index in [1.807, 2.05) is 31.2 Å². The van der Waals surface area contributed by atoms with Gasteiger partial charge >= 0.3 is 0 Å². The molecule has 1 amide bonds. The molecule has 5 heteroatoms. The second-order valence-electron chi connectivity index (χ2n) is 5.60. The summed E-state index contributed by atoms with van der Waals surface area (Å²) in [6.07, 6.45) is -0.673. The highest BCUT2D eigenvalue weighted by atomic mass is 16.5. The van der Waals surface area contributed by atoms with Crippen LogP contribution in [0.25, 0.3) is 11.3 Å². The molecule has 2 N–H and O–H groups in total. The molecule has 1 aromatic carbocycles. The van der Waals surface area contributed by atoms with Gasteiger partial charge in [-0.25, -0.2) is 9.97 Å². The number of hydrogen-bond acceptors (Lipinski definition) is 4. The number of hydrogen-bond donors (Lipinski definition) is 1. The molecule has 1 aromatic heterocycles. The second kappa shape index (κ2) is 6.56. The van der Waals surface area contributed by atoms with Crippen molar-refractivity contribution in [2.45, 2.75) is 39.7 Å². The number of nitrogens with two attached hydrogens (primary N) is 1. The van der Waals surface area contributed by atoms with E-state index in [1.54, 1.807) is 13.0 Å². The molecule has 5 nitrogen and oxygen atoms in total. The predicted molar refractivity (Wildman–Crippen MR) is 85.6 cm³/mol. The Hall–Kier alpha value is -2.43. The zero-order chi connectivity index (χ0) is 16.3. The lowest BCUT2D eigenvalue weighted by Gasteiger charge is -2.13. The summed E-state index contributed by atoms with van der Waals surface area (Å²) in [7, 11) is 0. The van der Waals surface area contributed by atoms with Crippen molar-refractivity contribution in [3.05, 3.63) is 41.9 Å². The second-order valence-corrected chi connectivity index (χ2v) is 5.60. The molecular weight excluding hydrogens is 278 g/mol. The molecule has 0 aliphatic carbocycles. The summed E-state index contributed by atoms with van der Waals surface area (Å²) >= 11 is 0. The normalized spacial score (nSPS) is 12.2. The molecule has 0 aliphatic heterocycles. The third-order valence-corrected chi connectivity index (χ3v) is 3.23. The van der Waals surface area contributed by atoms with Gasteiger partial charge in [-0.05, 0) is 32.0 Å². The standard InChI is InChI=1S/C17H21N3O2/c1-10(2)17-19-11(3)8-15(20-17)13-6-5-7-14(9-13)22-12(4)16(18)21/h5-10,12H,1-4H3,(H2,18,21)/t12-/m0/s1. The Kier molecular flexibility index (Phi) is 4.75. The van der Waals surface area contributed by atoms with Crippen LogP contribution in [0.15, 0.2) is 30.3 Å². The quantitative estimate of drug-likeness (QED) is 0.920. The number of nitrogens with zero attached hydrogens (tertiary/aromatic N) is 2. The minimum Gasteiger partial charge on any atom is -0.481 e. The van der Waals surface area contributed by atoms with Crippen LogP contribution in [0, 0.1) is 6.92 Å². The van der Waals surface area contributed by atoms with Gasteiger partial charge in [0.15, 0.2) is 6.10 Å². The molecule has 0 unspecified atom stereocenters. The smallest absolute Gasteiger partial charge is 0.258 e. The number of aromatic nitrogens is 2. The highest BCUT2D eigenvalue weighted by Crippen LogP contribution is 2.24. The van der Waals surface area contributed by atoms with Gasteiger partial charge in [0.25, 0.3) is 5.91 Å². The van der Waals surface area contributed by atoms with Gasteiger partial charge in [-0.1, -0.05) is 26.0 Å². The van der Waals surface area contributed by atoms with E-state index in [0.29, 0.717) is 5.75 Å². The minimum atomic E-state index is -0.673. The third-order valence-electron chi connectivity index (χ3n) is 3.23. The first-order chi connectivity index (χ1) is 10.4. The molecule has 0 spiro atoms. The first-order valence-corrected chi connectivity index (χ1v) is 7.29. The number of amides is 1. The first-order valence-electron chi connectivity index (χ1n) is 7.29. The largest absolute Gasteiger partial charge is 0.481 e. The monoisotopic (exact) mass is 299 g/mol. The van der Waals surface area contributed by atoms with E-state index in [-0.39, 0.29) is 5.92 Å². The number of carbonyl (C=O) groups excluding carboxylic acids is 1. The molecule has 2 rings (SSSR count). The Morgan fingerprint density at radius 2 is 1.91 bits per heavy atom. The molecule has 1 atom stereocenters. The Bertz CT molecular complexity index is 683. The van der Waals surface area contributed by atoms with Gasteiger partial charge in [0.05, 0.1) is 5.69 Å². The van der Waals surface area contributed by atoms with Crippen LogP contribution in [-0.4, -0.2) is 22.0 Å². The molecule has 0 fully saturated rings. The van der Waals surface area contributed by atoms with Crippen LogP contribution in [-0.2, 0) is 4.79 Å². The lowest BCUT2D eigenvalue weighted by molar-refractivity contribution is -0.123. The van der Waals surface area contributed by atoms with E-state index in [4.69, 9.17) is 10.5 Å².